The van der Waals surface area contributed by atoms with Crippen LogP contribution in [0.25, 0.3) is 5.57 Å². The molecular formula is C16H25NO. The number of hydrogen-bond acceptors (Lipinski definition) is 2. The molecule has 0 atom stereocenters. The number of benzene rings is 1. The second-order valence-corrected chi connectivity index (χ2v) is 4.87. The number of nitrogens with zero attached hydrogens (tertiary/aromatic N) is 1. The lowest BCUT2D eigenvalue weighted by molar-refractivity contribution is 0.121. The molecule has 0 N–H and O–H groups in total. The molecule has 0 unspecified atom stereocenters. The first-order valence-electron chi connectivity index (χ1n) is 6.63. The van der Waals surface area contributed by atoms with E-state index in [1.807, 2.05) is 0 Å². The van der Waals surface area contributed by atoms with Crippen LogP contribution in [0.15, 0.2) is 30.8 Å². The van der Waals surface area contributed by atoms with Gasteiger partial charge in [0.1, 0.15) is 0 Å². The third kappa shape index (κ3) is 5.03. The summed E-state index contributed by atoms with van der Waals surface area (Å²) >= 11 is 0. The van der Waals surface area contributed by atoms with Gasteiger partial charge in [-0.3, -0.25) is 0 Å². The van der Waals surface area contributed by atoms with E-state index in [2.05, 4.69) is 56.8 Å². The molecule has 0 radical (unpaired) electrons. The van der Waals surface area contributed by atoms with Crippen molar-refractivity contribution in [3.8, 4) is 0 Å². The second-order valence-electron chi connectivity index (χ2n) is 4.87. The summed E-state index contributed by atoms with van der Waals surface area (Å²) < 4.78 is 5.63. The Morgan fingerprint density at radius 1 is 1.28 bits per heavy atom. The van der Waals surface area contributed by atoms with E-state index < -0.39 is 0 Å². The first-order valence-corrected chi connectivity index (χ1v) is 6.63. The molecule has 18 heavy (non-hydrogen) atoms. The van der Waals surface area contributed by atoms with Gasteiger partial charge in [0.15, 0.2) is 0 Å². The quantitative estimate of drug-likeness (QED) is 0.651. The van der Waals surface area contributed by atoms with Gasteiger partial charge in [-0.2, -0.15) is 0 Å². The number of ether oxygens (including phenoxy) is 1. The molecule has 2 nitrogen and oxygen atoms in total. The second kappa shape index (κ2) is 8.06. The summed E-state index contributed by atoms with van der Waals surface area (Å²) in [4.78, 5) is 2.18. The highest BCUT2D eigenvalue weighted by atomic mass is 16.5. The van der Waals surface area contributed by atoms with Crippen LogP contribution in [-0.4, -0.2) is 32.1 Å². The Hall–Kier alpha value is -1.12. The van der Waals surface area contributed by atoms with Gasteiger partial charge in [0.2, 0.25) is 0 Å². The number of rotatable bonds is 8. The van der Waals surface area contributed by atoms with Gasteiger partial charge in [0.05, 0.1) is 6.61 Å². The SMILES string of the molecule is C=C(CCN(C)C)c1ccccc1COCCC. The lowest BCUT2D eigenvalue weighted by Crippen LogP contribution is -2.13. The van der Waals surface area contributed by atoms with E-state index in [1.165, 1.54) is 16.7 Å². The van der Waals surface area contributed by atoms with Crippen molar-refractivity contribution in [2.24, 2.45) is 0 Å². The van der Waals surface area contributed by atoms with Crippen LogP contribution >= 0.6 is 0 Å². The minimum atomic E-state index is 0.686. The first-order chi connectivity index (χ1) is 8.65. The van der Waals surface area contributed by atoms with Gasteiger partial charge < -0.3 is 9.64 Å². The highest BCUT2D eigenvalue weighted by molar-refractivity contribution is 5.66. The van der Waals surface area contributed by atoms with Crippen molar-refractivity contribution in [1.29, 1.82) is 0 Å². The van der Waals surface area contributed by atoms with E-state index in [9.17, 15) is 0 Å². The van der Waals surface area contributed by atoms with Crippen LogP contribution in [0, 0.1) is 0 Å². The topological polar surface area (TPSA) is 12.5 Å². The molecule has 0 bridgehead atoms. The molecule has 0 heterocycles. The van der Waals surface area contributed by atoms with E-state index in [-0.39, 0.29) is 0 Å². The molecule has 2 heteroatoms. The Balaban J connectivity index is 2.65. The van der Waals surface area contributed by atoms with Gasteiger partial charge in [-0.25, -0.2) is 0 Å². The van der Waals surface area contributed by atoms with Gasteiger partial charge in [0.25, 0.3) is 0 Å². The van der Waals surface area contributed by atoms with Crippen LogP contribution < -0.4 is 0 Å². The lowest BCUT2D eigenvalue weighted by atomic mass is 9.99. The fourth-order valence-electron chi connectivity index (χ4n) is 1.81. The zero-order chi connectivity index (χ0) is 13.4. The van der Waals surface area contributed by atoms with Gasteiger partial charge in [-0.15, -0.1) is 0 Å². The predicted octanol–water partition coefficient (Wildman–Crippen LogP) is 3.58. The fourth-order valence-corrected chi connectivity index (χ4v) is 1.81. The Bertz CT molecular complexity index is 371. The third-order valence-electron chi connectivity index (χ3n) is 2.87. The molecule has 1 aromatic carbocycles. The summed E-state index contributed by atoms with van der Waals surface area (Å²) in [6, 6.07) is 8.40. The van der Waals surface area contributed by atoms with Crippen LogP contribution in [0.4, 0.5) is 0 Å². The predicted molar refractivity (Wildman–Crippen MR) is 78.6 cm³/mol. The Kier molecular flexibility index (Phi) is 6.69. The first kappa shape index (κ1) is 14.9. The van der Waals surface area contributed by atoms with Crippen molar-refractivity contribution in [2.45, 2.75) is 26.4 Å². The Labute approximate surface area is 111 Å². The van der Waals surface area contributed by atoms with E-state index in [1.54, 1.807) is 0 Å². The molecule has 0 aromatic heterocycles. The minimum Gasteiger partial charge on any atom is -0.377 e. The van der Waals surface area contributed by atoms with Crippen LogP contribution in [0.5, 0.6) is 0 Å². The van der Waals surface area contributed by atoms with E-state index in [0.29, 0.717) is 6.61 Å². The van der Waals surface area contributed by atoms with Gasteiger partial charge in [-0.05, 0) is 43.6 Å². The van der Waals surface area contributed by atoms with Crippen molar-refractivity contribution >= 4 is 5.57 Å². The van der Waals surface area contributed by atoms with E-state index in [4.69, 9.17) is 4.74 Å². The van der Waals surface area contributed by atoms with Gasteiger partial charge in [-0.1, -0.05) is 37.8 Å². The fraction of sp³-hybridized carbons (Fsp3) is 0.500. The Morgan fingerprint density at radius 3 is 2.67 bits per heavy atom. The maximum absolute atomic E-state index is 5.63. The van der Waals surface area contributed by atoms with Crippen LogP contribution in [0.3, 0.4) is 0 Å². The average molecular weight is 247 g/mol. The monoisotopic (exact) mass is 247 g/mol. The highest BCUT2D eigenvalue weighted by Crippen LogP contribution is 2.21. The summed E-state index contributed by atoms with van der Waals surface area (Å²) in [5.74, 6) is 0. The third-order valence-corrected chi connectivity index (χ3v) is 2.87. The number of hydrogen-bond donors (Lipinski definition) is 0. The lowest BCUT2D eigenvalue weighted by Gasteiger charge is -2.14. The zero-order valence-corrected chi connectivity index (χ0v) is 11.9. The smallest absolute Gasteiger partial charge is 0.0722 e. The van der Waals surface area contributed by atoms with Crippen LogP contribution in [0.2, 0.25) is 0 Å². The molecule has 0 aliphatic heterocycles. The van der Waals surface area contributed by atoms with Crippen LogP contribution in [-0.2, 0) is 11.3 Å². The molecule has 0 aliphatic carbocycles. The van der Waals surface area contributed by atoms with E-state index in [0.717, 1.165) is 26.0 Å². The molecule has 1 aromatic rings. The standard InChI is InChI=1S/C16H25NO/c1-5-12-18-13-15-8-6-7-9-16(15)14(2)10-11-17(3)4/h6-9H,2,5,10-13H2,1,3-4H3. The average Bonchev–Trinajstić information content (AvgIpc) is 2.37. The summed E-state index contributed by atoms with van der Waals surface area (Å²) in [6.07, 6.45) is 2.06. The summed E-state index contributed by atoms with van der Waals surface area (Å²) in [7, 11) is 4.17. The molecule has 1 rings (SSSR count). The molecule has 0 fully saturated rings. The molecular weight excluding hydrogens is 222 g/mol. The molecule has 0 aliphatic rings. The molecule has 0 amide bonds. The molecule has 0 spiro atoms. The maximum Gasteiger partial charge on any atom is 0.0722 e. The van der Waals surface area contributed by atoms with Crippen molar-refractivity contribution in [1.82, 2.24) is 4.90 Å². The van der Waals surface area contributed by atoms with Crippen molar-refractivity contribution in [2.75, 3.05) is 27.2 Å². The molecule has 100 valence electrons. The summed E-state index contributed by atoms with van der Waals surface area (Å²) in [5, 5.41) is 0. The Morgan fingerprint density at radius 2 is 2.00 bits per heavy atom. The molecule has 0 saturated carbocycles. The summed E-state index contributed by atoms with van der Waals surface area (Å²) in [5.41, 5.74) is 3.68. The van der Waals surface area contributed by atoms with Crippen molar-refractivity contribution < 1.29 is 4.74 Å². The van der Waals surface area contributed by atoms with Crippen LogP contribution in [0.1, 0.15) is 30.9 Å². The van der Waals surface area contributed by atoms with Crippen molar-refractivity contribution in [3.05, 3.63) is 42.0 Å². The zero-order valence-electron chi connectivity index (χ0n) is 11.9. The largest absolute Gasteiger partial charge is 0.377 e. The molecule has 0 saturated heterocycles. The van der Waals surface area contributed by atoms with E-state index >= 15 is 0 Å². The van der Waals surface area contributed by atoms with Gasteiger partial charge >= 0.3 is 0 Å². The van der Waals surface area contributed by atoms with Crippen molar-refractivity contribution in [3.63, 3.8) is 0 Å². The highest BCUT2D eigenvalue weighted by Gasteiger charge is 2.06. The minimum absolute atomic E-state index is 0.686. The maximum atomic E-state index is 5.63. The van der Waals surface area contributed by atoms with Gasteiger partial charge in [0, 0.05) is 13.2 Å². The summed E-state index contributed by atoms with van der Waals surface area (Å²) in [6.45, 7) is 8.86. The normalized spacial score (nSPS) is 10.9.